The van der Waals surface area contributed by atoms with Gasteiger partial charge >= 0.3 is 0 Å². The zero-order valence-electron chi connectivity index (χ0n) is 12.4. The molecule has 0 aromatic rings. The molecular formula is C15H31NO2. The van der Waals surface area contributed by atoms with Gasteiger partial charge in [0.2, 0.25) is 0 Å². The third-order valence-corrected chi connectivity index (χ3v) is 4.02. The Kier molecular flexibility index (Phi) is 8.64. The van der Waals surface area contributed by atoms with Gasteiger partial charge in [-0.05, 0) is 37.6 Å². The van der Waals surface area contributed by atoms with Gasteiger partial charge in [0.1, 0.15) is 0 Å². The molecule has 1 aliphatic carbocycles. The van der Waals surface area contributed by atoms with Gasteiger partial charge in [0.15, 0.2) is 0 Å². The summed E-state index contributed by atoms with van der Waals surface area (Å²) in [6.07, 6.45) is 6.72. The Morgan fingerprint density at radius 1 is 1.22 bits per heavy atom. The Bertz CT molecular complexity index is 199. The first-order chi connectivity index (χ1) is 8.77. The third kappa shape index (κ3) is 6.17. The van der Waals surface area contributed by atoms with Crippen LogP contribution in [-0.2, 0) is 9.47 Å². The van der Waals surface area contributed by atoms with E-state index >= 15 is 0 Å². The molecule has 1 rings (SSSR count). The molecule has 1 saturated carbocycles. The van der Waals surface area contributed by atoms with Gasteiger partial charge in [-0.3, -0.25) is 0 Å². The topological polar surface area (TPSA) is 30.5 Å². The van der Waals surface area contributed by atoms with Crippen LogP contribution in [0.15, 0.2) is 0 Å². The maximum Gasteiger partial charge on any atom is 0.0700 e. The van der Waals surface area contributed by atoms with E-state index < -0.39 is 0 Å². The van der Waals surface area contributed by atoms with E-state index in [1.54, 1.807) is 7.11 Å². The van der Waals surface area contributed by atoms with Crippen molar-refractivity contribution in [3.8, 4) is 0 Å². The lowest BCUT2D eigenvalue weighted by atomic mass is 9.78. The smallest absolute Gasteiger partial charge is 0.0700 e. The van der Waals surface area contributed by atoms with E-state index in [-0.39, 0.29) is 0 Å². The van der Waals surface area contributed by atoms with Crippen molar-refractivity contribution in [3.63, 3.8) is 0 Å². The monoisotopic (exact) mass is 257 g/mol. The Balaban J connectivity index is 2.24. The highest BCUT2D eigenvalue weighted by Gasteiger charge is 2.25. The van der Waals surface area contributed by atoms with Crippen molar-refractivity contribution in [2.24, 2.45) is 11.8 Å². The molecule has 0 saturated heterocycles. The molecular weight excluding hydrogens is 226 g/mol. The first-order valence-corrected chi connectivity index (χ1v) is 7.58. The van der Waals surface area contributed by atoms with Crippen LogP contribution in [0.3, 0.4) is 0 Å². The summed E-state index contributed by atoms with van der Waals surface area (Å²) in [5, 5.41) is 3.65. The largest absolute Gasteiger partial charge is 0.382 e. The van der Waals surface area contributed by atoms with E-state index in [9.17, 15) is 0 Å². The van der Waals surface area contributed by atoms with Gasteiger partial charge in [0.25, 0.3) is 0 Å². The predicted octanol–water partition coefficient (Wildman–Crippen LogP) is 2.84. The SMILES string of the molecule is CCNC(CCOCCOC)C1CCCC(C)C1. The van der Waals surface area contributed by atoms with E-state index in [0.717, 1.165) is 38.0 Å². The number of ether oxygens (including phenoxy) is 2. The molecule has 1 aliphatic rings. The van der Waals surface area contributed by atoms with E-state index in [2.05, 4.69) is 19.2 Å². The molecule has 3 nitrogen and oxygen atoms in total. The molecule has 0 amide bonds. The first-order valence-electron chi connectivity index (χ1n) is 7.58. The molecule has 3 heteroatoms. The maximum absolute atomic E-state index is 5.60. The first kappa shape index (κ1) is 15.9. The van der Waals surface area contributed by atoms with Crippen molar-refractivity contribution in [2.45, 2.75) is 52.0 Å². The maximum atomic E-state index is 5.60. The van der Waals surface area contributed by atoms with Crippen LogP contribution in [0.5, 0.6) is 0 Å². The van der Waals surface area contributed by atoms with Crippen LogP contribution in [-0.4, -0.2) is 39.5 Å². The van der Waals surface area contributed by atoms with Gasteiger partial charge < -0.3 is 14.8 Å². The minimum Gasteiger partial charge on any atom is -0.382 e. The van der Waals surface area contributed by atoms with Crippen LogP contribution >= 0.6 is 0 Å². The molecule has 0 radical (unpaired) electrons. The summed E-state index contributed by atoms with van der Waals surface area (Å²) in [6.45, 7) is 7.93. The summed E-state index contributed by atoms with van der Waals surface area (Å²) < 4.78 is 10.6. The van der Waals surface area contributed by atoms with Gasteiger partial charge in [0.05, 0.1) is 13.2 Å². The number of methoxy groups -OCH3 is 1. The number of hydrogen-bond donors (Lipinski definition) is 1. The van der Waals surface area contributed by atoms with Gasteiger partial charge in [0, 0.05) is 19.8 Å². The van der Waals surface area contributed by atoms with Crippen LogP contribution < -0.4 is 5.32 Å². The fourth-order valence-corrected chi connectivity index (χ4v) is 3.07. The lowest BCUT2D eigenvalue weighted by Gasteiger charge is -2.33. The molecule has 1 fully saturated rings. The average Bonchev–Trinajstić information content (AvgIpc) is 2.37. The fourth-order valence-electron chi connectivity index (χ4n) is 3.07. The highest BCUT2D eigenvalue weighted by molar-refractivity contribution is 4.81. The Morgan fingerprint density at radius 2 is 2.06 bits per heavy atom. The lowest BCUT2D eigenvalue weighted by Crippen LogP contribution is -2.39. The standard InChI is InChI=1S/C15H31NO2/c1-4-16-15(8-9-18-11-10-17-3)14-7-5-6-13(2)12-14/h13-16H,4-12H2,1-3H3. The van der Waals surface area contributed by atoms with Gasteiger partial charge in [-0.15, -0.1) is 0 Å². The van der Waals surface area contributed by atoms with E-state index in [0.29, 0.717) is 12.6 Å². The Labute approximate surface area is 113 Å². The van der Waals surface area contributed by atoms with Crippen molar-refractivity contribution in [3.05, 3.63) is 0 Å². The van der Waals surface area contributed by atoms with Gasteiger partial charge in [-0.25, -0.2) is 0 Å². The molecule has 0 aromatic carbocycles. The second kappa shape index (κ2) is 9.76. The summed E-state index contributed by atoms with van der Waals surface area (Å²) in [5.74, 6) is 1.75. The van der Waals surface area contributed by atoms with Crippen LogP contribution in [0, 0.1) is 11.8 Å². The highest BCUT2D eigenvalue weighted by atomic mass is 16.5. The zero-order chi connectivity index (χ0) is 13.2. The number of hydrogen-bond acceptors (Lipinski definition) is 3. The minimum absolute atomic E-state index is 0.639. The van der Waals surface area contributed by atoms with Crippen molar-refractivity contribution in [2.75, 3.05) is 33.5 Å². The molecule has 0 bridgehead atoms. The van der Waals surface area contributed by atoms with Crippen molar-refractivity contribution in [1.82, 2.24) is 5.32 Å². The highest BCUT2D eigenvalue weighted by Crippen LogP contribution is 2.31. The fraction of sp³-hybridized carbons (Fsp3) is 1.00. The van der Waals surface area contributed by atoms with Crippen LogP contribution in [0.25, 0.3) is 0 Å². The Hall–Kier alpha value is -0.120. The summed E-state index contributed by atoms with van der Waals surface area (Å²) in [5.41, 5.74) is 0. The molecule has 3 atom stereocenters. The van der Waals surface area contributed by atoms with Gasteiger partial charge in [-0.2, -0.15) is 0 Å². The number of nitrogens with one attached hydrogen (secondary N) is 1. The Morgan fingerprint density at radius 3 is 2.72 bits per heavy atom. The van der Waals surface area contributed by atoms with Crippen LogP contribution in [0.1, 0.15) is 46.0 Å². The zero-order valence-corrected chi connectivity index (χ0v) is 12.4. The number of rotatable bonds is 9. The van der Waals surface area contributed by atoms with Crippen LogP contribution in [0.4, 0.5) is 0 Å². The second-order valence-electron chi connectivity index (χ2n) is 5.59. The molecule has 1 N–H and O–H groups in total. The summed E-state index contributed by atoms with van der Waals surface area (Å²) in [7, 11) is 1.72. The van der Waals surface area contributed by atoms with E-state index in [1.165, 1.54) is 25.7 Å². The van der Waals surface area contributed by atoms with Crippen LogP contribution in [0.2, 0.25) is 0 Å². The molecule has 0 aromatic heterocycles. The summed E-state index contributed by atoms with van der Waals surface area (Å²) >= 11 is 0. The normalized spacial score (nSPS) is 26.2. The van der Waals surface area contributed by atoms with Gasteiger partial charge in [-0.1, -0.05) is 26.7 Å². The van der Waals surface area contributed by atoms with Crippen molar-refractivity contribution in [1.29, 1.82) is 0 Å². The van der Waals surface area contributed by atoms with Crippen molar-refractivity contribution >= 4 is 0 Å². The summed E-state index contributed by atoms with van der Waals surface area (Å²) in [6, 6.07) is 0.639. The molecule has 0 aliphatic heterocycles. The summed E-state index contributed by atoms with van der Waals surface area (Å²) in [4.78, 5) is 0. The van der Waals surface area contributed by atoms with E-state index in [1.807, 2.05) is 0 Å². The average molecular weight is 257 g/mol. The predicted molar refractivity (Wildman–Crippen MR) is 75.9 cm³/mol. The van der Waals surface area contributed by atoms with Crippen molar-refractivity contribution < 1.29 is 9.47 Å². The molecule has 0 spiro atoms. The molecule has 0 heterocycles. The lowest BCUT2D eigenvalue weighted by molar-refractivity contribution is 0.0604. The second-order valence-corrected chi connectivity index (χ2v) is 5.59. The molecule has 3 unspecified atom stereocenters. The third-order valence-electron chi connectivity index (χ3n) is 4.02. The molecule has 108 valence electrons. The quantitative estimate of drug-likeness (QED) is 0.644. The minimum atomic E-state index is 0.639. The van der Waals surface area contributed by atoms with E-state index in [4.69, 9.17) is 9.47 Å². The molecule has 18 heavy (non-hydrogen) atoms.